The first-order valence-corrected chi connectivity index (χ1v) is 8.88. The molecule has 0 unspecified atom stereocenters. The molecule has 2 aromatic carbocycles. The molecule has 0 spiro atoms. The van der Waals surface area contributed by atoms with Crippen LogP contribution in [-0.4, -0.2) is 5.91 Å². The Bertz CT molecular complexity index is 845. The number of amides is 1. The highest BCUT2D eigenvalue weighted by Gasteiger charge is 2.31. The highest BCUT2D eigenvalue weighted by molar-refractivity contribution is 9.10. The largest absolute Gasteiger partial charge is 0.369 e. The molecule has 2 aromatic rings. The number of carbonyl (C=O) groups excluding carboxylic acids is 1. The van der Waals surface area contributed by atoms with Crippen LogP contribution in [0.5, 0.6) is 0 Å². The number of nitrogens with two attached hydrogens (primary N) is 1. The minimum atomic E-state index is -1.20. The number of primary amides is 1. The van der Waals surface area contributed by atoms with Gasteiger partial charge in [-0.3, -0.25) is 4.79 Å². The van der Waals surface area contributed by atoms with Crippen LogP contribution in [0.3, 0.4) is 0 Å². The first-order chi connectivity index (χ1) is 12.2. The molecular formula is C20H22BrF4NO. The van der Waals surface area contributed by atoms with Crippen molar-refractivity contribution >= 4 is 21.8 Å². The van der Waals surface area contributed by atoms with Crippen molar-refractivity contribution in [3.05, 3.63) is 69.2 Å². The van der Waals surface area contributed by atoms with Crippen LogP contribution in [0.15, 0.2) is 34.8 Å². The number of halogens is 5. The van der Waals surface area contributed by atoms with E-state index in [1.807, 2.05) is 20.8 Å². The summed E-state index contributed by atoms with van der Waals surface area (Å²) < 4.78 is 52.9. The fourth-order valence-corrected chi connectivity index (χ4v) is 2.65. The monoisotopic (exact) mass is 447 g/mol. The van der Waals surface area contributed by atoms with Gasteiger partial charge in [0.2, 0.25) is 5.91 Å². The number of hydrogen-bond acceptors (Lipinski definition) is 1. The van der Waals surface area contributed by atoms with Crippen molar-refractivity contribution in [1.29, 1.82) is 0 Å². The van der Waals surface area contributed by atoms with Crippen molar-refractivity contribution in [2.45, 2.75) is 45.4 Å². The fraction of sp³-hybridized carbons (Fsp3) is 0.350. The lowest BCUT2D eigenvalue weighted by Gasteiger charge is -2.21. The lowest BCUT2D eigenvalue weighted by Crippen LogP contribution is -2.36. The molecule has 7 heteroatoms. The molecule has 1 amide bonds. The summed E-state index contributed by atoms with van der Waals surface area (Å²) in [4.78, 5) is 11.0. The van der Waals surface area contributed by atoms with Crippen molar-refractivity contribution in [1.82, 2.24) is 0 Å². The van der Waals surface area contributed by atoms with E-state index in [9.17, 15) is 22.4 Å². The minimum absolute atomic E-state index is 0.0231. The molecule has 0 atom stereocenters. The van der Waals surface area contributed by atoms with Crippen LogP contribution in [0.4, 0.5) is 17.6 Å². The van der Waals surface area contributed by atoms with Gasteiger partial charge < -0.3 is 5.73 Å². The van der Waals surface area contributed by atoms with E-state index in [2.05, 4.69) is 15.9 Å². The van der Waals surface area contributed by atoms with Crippen molar-refractivity contribution in [3.63, 3.8) is 0 Å². The Morgan fingerprint density at radius 1 is 0.889 bits per heavy atom. The number of hydrogen-bond donors (Lipinski definition) is 1. The smallest absolute Gasteiger partial charge is 0.227 e. The van der Waals surface area contributed by atoms with Gasteiger partial charge >= 0.3 is 0 Å². The summed E-state index contributed by atoms with van der Waals surface area (Å²) in [6, 6.07) is 6.43. The minimum Gasteiger partial charge on any atom is -0.369 e. The highest BCUT2D eigenvalue weighted by atomic mass is 79.9. The highest BCUT2D eigenvalue weighted by Crippen LogP contribution is 2.29. The van der Waals surface area contributed by atoms with Crippen molar-refractivity contribution in [3.8, 4) is 0 Å². The topological polar surface area (TPSA) is 43.1 Å². The maximum atomic E-state index is 13.3. The van der Waals surface area contributed by atoms with E-state index in [0.29, 0.717) is 10.0 Å². The van der Waals surface area contributed by atoms with Crippen molar-refractivity contribution in [2.75, 3.05) is 0 Å². The standard InChI is InChI=1S/C10H11BrF2.C10H11F2NO/c1-10(2,3)7-4-6(11)5-8(12)9(7)13;1-10(2,9(13)14)6-4-3-5-7(11)8(6)12/h4-5H,1-3H3;3-5H,1-2H3,(H2,13,14). The molecule has 148 valence electrons. The summed E-state index contributed by atoms with van der Waals surface area (Å²) in [6.45, 7) is 8.44. The third-order valence-corrected chi connectivity index (χ3v) is 4.50. The maximum absolute atomic E-state index is 13.3. The lowest BCUT2D eigenvalue weighted by atomic mass is 9.83. The predicted octanol–water partition coefficient (Wildman–Crippen LogP) is 5.75. The molecule has 0 bridgehead atoms. The Morgan fingerprint density at radius 2 is 1.41 bits per heavy atom. The molecule has 2 nitrogen and oxygen atoms in total. The van der Waals surface area contributed by atoms with Crippen molar-refractivity contribution in [2.24, 2.45) is 5.73 Å². The summed E-state index contributed by atoms with van der Waals surface area (Å²) in [6.07, 6.45) is 0. The first-order valence-electron chi connectivity index (χ1n) is 8.09. The molecule has 2 rings (SSSR count). The summed E-state index contributed by atoms with van der Waals surface area (Å²) in [5, 5.41) is 0. The van der Waals surface area contributed by atoms with Gasteiger partial charge in [0.05, 0.1) is 5.41 Å². The molecule has 0 saturated heterocycles. The van der Waals surface area contributed by atoms with Crippen molar-refractivity contribution < 1.29 is 22.4 Å². The van der Waals surface area contributed by atoms with Gasteiger partial charge in [-0.1, -0.05) is 48.8 Å². The number of rotatable bonds is 2. The second-order valence-corrected chi connectivity index (χ2v) is 8.51. The average Bonchev–Trinajstić information content (AvgIpc) is 2.52. The van der Waals surface area contributed by atoms with Crippen LogP contribution < -0.4 is 5.73 Å². The summed E-state index contributed by atoms with van der Waals surface area (Å²) in [7, 11) is 0. The Balaban J connectivity index is 0.000000271. The molecule has 0 aliphatic carbocycles. The molecule has 0 fully saturated rings. The van der Waals surface area contributed by atoms with Crippen LogP contribution in [0.2, 0.25) is 0 Å². The third-order valence-electron chi connectivity index (χ3n) is 4.04. The van der Waals surface area contributed by atoms with E-state index in [-0.39, 0.29) is 11.0 Å². The van der Waals surface area contributed by atoms with E-state index < -0.39 is 34.6 Å². The summed E-state index contributed by atoms with van der Waals surface area (Å²) in [5.74, 6) is -4.25. The van der Waals surface area contributed by atoms with Crippen LogP contribution in [0, 0.1) is 23.3 Å². The molecule has 0 aromatic heterocycles. The Morgan fingerprint density at radius 3 is 1.89 bits per heavy atom. The quantitative estimate of drug-likeness (QED) is 0.461. The van der Waals surface area contributed by atoms with Crippen LogP contribution >= 0.6 is 15.9 Å². The van der Waals surface area contributed by atoms with E-state index in [0.717, 1.165) is 12.1 Å². The second-order valence-electron chi connectivity index (χ2n) is 7.59. The summed E-state index contributed by atoms with van der Waals surface area (Å²) >= 11 is 3.13. The predicted molar refractivity (Wildman–Crippen MR) is 101 cm³/mol. The molecule has 0 aliphatic heterocycles. The third kappa shape index (κ3) is 5.54. The van der Waals surface area contributed by atoms with Gasteiger partial charge in [0.1, 0.15) is 0 Å². The number of carbonyl (C=O) groups is 1. The zero-order valence-corrected chi connectivity index (χ0v) is 17.3. The SMILES string of the molecule is CC(C)(C(N)=O)c1cccc(F)c1F.CC(C)(C)c1cc(Br)cc(F)c1F. The van der Waals surface area contributed by atoms with E-state index >= 15 is 0 Å². The Kier molecular flexibility index (Phi) is 7.22. The van der Waals surface area contributed by atoms with E-state index in [1.165, 1.54) is 26.0 Å². The van der Waals surface area contributed by atoms with E-state index in [4.69, 9.17) is 5.73 Å². The van der Waals surface area contributed by atoms with Gasteiger partial charge in [-0.15, -0.1) is 0 Å². The molecule has 2 N–H and O–H groups in total. The molecule has 27 heavy (non-hydrogen) atoms. The first kappa shape index (κ1) is 23.1. The molecule has 0 aliphatic rings. The zero-order valence-electron chi connectivity index (χ0n) is 15.8. The average molecular weight is 448 g/mol. The lowest BCUT2D eigenvalue weighted by molar-refractivity contribution is -0.122. The molecule has 0 heterocycles. The molecule has 0 radical (unpaired) electrons. The van der Waals surface area contributed by atoms with Crippen LogP contribution in [0.25, 0.3) is 0 Å². The Hall–Kier alpha value is -1.89. The second kappa shape index (κ2) is 8.42. The summed E-state index contributed by atoms with van der Waals surface area (Å²) in [5.41, 5.74) is 3.88. The van der Waals surface area contributed by atoms with Gasteiger partial charge in [0.25, 0.3) is 0 Å². The Labute approximate surface area is 164 Å². The van der Waals surface area contributed by atoms with Gasteiger partial charge in [0.15, 0.2) is 23.3 Å². The normalized spacial score (nSPS) is 11.6. The maximum Gasteiger partial charge on any atom is 0.227 e. The van der Waals surface area contributed by atoms with Gasteiger partial charge in [0, 0.05) is 10.0 Å². The zero-order chi connectivity index (χ0) is 21.2. The number of benzene rings is 2. The van der Waals surface area contributed by atoms with Gasteiger partial charge in [-0.25, -0.2) is 17.6 Å². The molecular weight excluding hydrogens is 426 g/mol. The van der Waals surface area contributed by atoms with Crippen LogP contribution in [0.1, 0.15) is 45.7 Å². The van der Waals surface area contributed by atoms with E-state index in [1.54, 1.807) is 6.07 Å². The van der Waals surface area contributed by atoms with Crippen LogP contribution in [-0.2, 0) is 15.6 Å². The fourth-order valence-electron chi connectivity index (χ4n) is 2.22. The van der Waals surface area contributed by atoms with Gasteiger partial charge in [-0.05, 0) is 43.0 Å². The van der Waals surface area contributed by atoms with Gasteiger partial charge in [-0.2, -0.15) is 0 Å². The molecule has 0 saturated carbocycles.